The van der Waals surface area contributed by atoms with Gasteiger partial charge in [0.05, 0.1) is 22.1 Å². The van der Waals surface area contributed by atoms with Gasteiger partial charge >= 0.3 is 0 Å². The van der Waals surface area contributed by atoms with Crippen molar-refractivity contribution in [3.8, 4) is 0 Å². The maximum absolute atomic E-state index is 4.59. The third-order valence-electron chi connectivity index (χ3n) is 3.47. The fraction of sp³-hybridized carbons (Fsp3) is 0.400. The molecule has 1 aliphatic carbocycles. The van der Waals surface area contributed by atoms with E-state index in [9.17, 15) is 0 Å². The highest BCUT2D eigenvalue weighted by Crippen LogP contribution is 2.23. The van der Waals surface area contributed by atoms with Crippen LogP contribution in [0.4, 0.5) is 0 Å². The van der Waals surface area contributed by atoms with Crippen molar-refractivity contribution < 1.29 is 0 Å². The fourth-order valence-electron chi connectivity index (χ4n) is 2.42. The van der Waals surface area contributed by atoms with E-state index in [1.165, 1.54) is 32.5 Å². The van der Waals surface area contributed by atoms with Crippen molar-refractivity contribution in [1.82, 2.24) is 15.0 Å². The predicted octanol–water partition coefficient (Wildman–Crippen LogP) is 3.16. The Morgan fingerprint density at radius 1 is 1.26 bits per heavy atom. The molecule has 0 saturated carbocycles. The molecule has 0 unspecified atom stereocenters. The van der Waals surface area contributed by atoms with Gasteiger partial charge in [-0.3, -0.25) is 0 Å². The van der Waals surface area contributed by atoms with Gasteiger partial charge in [0.2, 0.25) is 0 Å². The third kappa shape index (κ3) is 2.45. The summed E-state index contributed by atoms with van der Waals surface area (Å²) in [6.45, 7) is 4.26. The lowest BCUT2D eigenvalue weighted by atomic mass is 10.1. The molecular formula is C15H17N3S. The van der Waals surface area contributed by atoms with Crippen LogP contribution in [0.5, 0.6) is 0 Å². The third-order valence-corrected chi connectivity index (χ3v) is 4.83. The highest BCUT2D eigenvalue weighted by atomic mass is 32.1. The van der Waals surface area contributed by atoms with Crippen molar-refractivity contribution in [1.29, 1.82) is 0 Å². The van der Waals surface area contributed by atoms with Crippen molar-refractivity contribution in [2.45, 2.75) is 39.5 Å². The molecule has 3 nitrogen and oxygen atoms in total. The highest BCUT2D eigenvalue weighted by molar-refractivity contribution is 7.11. The molecular weight excluding hydrogens is 254 g/mol. The van der Waals surface area contributed by atoms with Crippen molar-refractivity contribution in [2.75, 3.05) is 0 Å². The molecule has 0 bridgehead atoms. The molecule has 2 heterocycles. The van der Waals surface area contributed by atoms with Crippen LogP contribution in [0, 0.1) is 6.92 Å². The lowest BCUT2D eigenvalue weighted by Crippen LogP contribution is -2.01. The van der Waals surface area contributed by atoms with E-state index >= 15 is 0 Å². The highest BCUT2D eigenvalue weighted by Gasteiger charge is 2.13. The normalized spacial score (nSPS) is 12.9. The minimum Gasteiger partial charge on any atom is -0.246 e. The van der Waals surface area contributed by atoms with Crippen LogP contribution in [0.1, 0.15) is 39.5 Å². The average molecular weight is 271 g/mol. The second-order valence-electron chi connectivity index (χ2n) is 4.76. The smallest absolute Gasteiger partial charge is 0.115 e. The maximum atomic E-state index is 4.59. The first-order valence-corrected chi connectivity index (χ1v) is 7.54. The van der Waals surface area contributed by atoms with Crippen LogP contribution in [0.2, 0.25) is 0 Å². The molecule has 0 spiro atoms. The molecule has 1 aliphatic rings. The van der Waals surface area contributed by atoms with Crippen LogP contribution >= 0.6 is 11.3 Å². The molecule has 2 aromatic heterocycles. The van der Waals surface area contributed by atoms with Gasteiger partial charge in [-0.05, 0) is 26.2 Å². The molecule has 0 radical (unpaired) electrons. The molecule has 0 aliphatic heterocycles. The molecule has 2 aromatic rings. The molecule has 0 amide bonds. The van der Waals surface area contributed by atoms with Gasteiger partial charge < -0.3 is 0 Å². The van der Waals surface area contributed by atoms with Crippen LogP contribution in [0.15, 0.2) is 12.4 Å². The molecule has 98 valence electrons. The Hall–Kier alpha value is -1.55. The fourth-order valence-corrected chi connectivity index (χ4v) is 3.43. The number of hydrogen-bond acceptors (Lipinski definition) is 4. The Bertz CT molecular complexity index is 628. The summed E-state index contributed by atoms with van der Waals surface area (Å²) in [5, 5.41) is 1.24. The van der Waals surface area contributed by atoms with E-state index in [-0.39, 0.29) is 0 Å². The second kappa shape index (κ2) is 5.21. The lowest BCUT2D eigenvalue weighted by Gasteiger charge is -2.05. The Morgan fingerprint density at radius 2 is 2.16 bits per heavy atom. The Balaban J connectivity index is 1.78. The summed E-state index contributed by atoms with van der Waals surface area (Å²) in [6, 6.07) is 0. The quantitative estimate of drug-likeness (QED) is 0.857. The molecule has 3 rings (SSSR count). The number of aryl methyl sites for hydroxylation is 4. The van der Waals surface area contributed by atoms with Gasteiger partial charge in [0.1, 0.15) is 6.33 Å². The molecule has 0 fully saturated rings. The van der Waals surface area contributed by atoms with Gasteiger partial charge in [-0.25, -0.2) is 15.0 Å². The summed E-state index contributed by atoms with van der Waals surface area (Å²) >= 11 is 1.84. The summed E-state index contributed by atoms with van der Waals surface area (Å²) in [7, 11) is 0. The first-order valence-electron chi connectivity index (χ1n) is 6.72. The van der Waals surface area contributed by atoms with Crippen molar-refractivity contribution >= 4 is 17.4 Å². The Morgan fingerprint density at radius 3 is 2.95 bits per heavy atom. The number of nitrogens with zero attached hydrogens (tertiary/aromatic N) is 3. The van der Waals surface area contributed by atoms with Gasteiger partial charge in [-0.2, -0.15) is 0 Å². The summed E-state index contributed by atoms with van der Waals surface area (Å²) in [5.74, 6) is 0. The van der Waals surface area contributed by atoms with Crippen LogP contribution in [0.25, 0.3) is 6.08 Å². The van der Waals surface area contributed by atoms with Crippen molar-refractivity contribution in [3.05, 3.63) is 44.9 Å². The largest absolute Gasteiger partial charge is 0.246 e. The first-order chi connectivity index (χ1) is 9.28. The van der Waals surface area contributed by atoms with Gasteiger partial charge in [0.25, 0.3) is 0 Å². The Labute approximate surface area is 117 Å². The molecule has 0 N–H and O–H groups in total. The number of thiazole rings is 1. The van der Waals surface area contributed by atoms with Crippen LogP contribution in [0.3, 0.4) is 0 Å². The molecule has 0 saturated heterocycles. The van der Waals surface area contributed by atoms with Gasteiger partial charge in [-0.1, -0.05) is 19.1 Å². The number of aromatic nitrogens is 3. The van der Waals surface area contributed by atoms with E-state index in [0.717, 1.165) is 25.7 Å². The van der Waals surface area contributed by atoms with Crippen LogP contribution in [-0.2, 0) is 25.7 Å². The van der Waals surface area contributed by atoms with E-state index in [2.05, 4.69) is 41.0 Å². The van der Waals surface area contributed by atoms with Gasteiger partial charge in [-0.15, -0.1) is 11.3 Å². The minimum absolute atomic E-state index is 0.949. The zero-order valence-corrected chi connectivity index (χ0v) is 12.1. The summed E-state index contributed by atoms with van der Waals surface area (Å²) in [6.07, 6.45) is 9.99. The Kier molecular flexibility index (Phi) is 3.42. The number of hydrogen-bond donors (Lipinski definition) is 0. The average Bonchev–Trinajstić information content (AvgIpc) is 3.02. The summed E-state index contributed by atoms with van der Waals surface area (Å²) < 4.78 is 0. The predicted molar refractivity (Wildman–Crippen MR) is 78.4 cm³/mol. The monoisotopic (exact) mass is 271 g/mol. The van der Waals surface area contributed by atoms with Crippen molar-refractivity contribution in [3.63, 3.8) is 0 Å². The maximum Gasteiger partial charge on any atom is 0.115 e. The van der Waals surface area contributed by atoms with E-state index < -0.39 is 0 Å². The number of rotatable bonds is 4. The van der Waals surface area contributed by atoms with Gasteiger partial charge in [0, 0.05) is 16.9 Å². The molecule has 19 heavy (non-hydrogen) atoms. The standard InChI is InChI=1S/C15H17N3S/c1-3-15-18-10(2)14(19-15)8-7-13-11-5-4-6-12(11)16-9-17-13/h4-5,9H,3,6-8H2,1-2H3. The van der Waals surface area contributed by atoms with Gasteiger partial charge in [0.15, 0.2) is 0 Å². The molecule has 0 aromatic carbocycles. The summed E-state index contributed by atoms with van der Waals surface area (Å²) in [5.41, 5.74) is 4.76. The number of allylic oxidation sites excluding steroid dienone is 1. The minimum atomic E-state index is 0.949. The second-order valence-corrected chi connectivity index (χ2v) is 5.93. The van der Waals surface area contributed by atoms with E-state index in [1.54, 1.807) is 6.33 Å². The van der Waals surface area contributed by atoms with E-state index in [0.29, 0.717) is 0 Å². The summed E-state index contributed by atoms with van der Waals surface area (Å²) in [4.78, 5) is 14.8. The zero-order chi connectivity index (χ0) is 13.2. The van der Waals surface area contributed by atoms with Crippen molar-refractivity contribution in [2.24, 2.45) is 0 Å². The molecule has 0 atom stereocenters. The zero-order valence-electron chi connectivity index (χ0n) is 11.3. The van der Waals surface area contributed by atoms with E-state index in [4.69, 9.17) is 0 Å². The van der Waals surface area contributed by atoms with E-state index in [1.807, 2.05) is 11.3 Å². The van der Waals surface area contributed by atoms with Crippen LogP contribution < -0.4 is 0 Å². The molecule has 4 heteroatoms. The van der Waals surface area contributed by atoms with Crippen LogP contribution in [-0.4, -0.2) is 15.0 Å². The SMILES string of the molecule is CCc1nc(C)c(CCc2ncnc3c2C=CC3)s1. The number of fused-ring (bicyclic) bond motifs is 1. The topological polar surface area (TPSA) is 38.7 Å². The lowest BCUT2D eigenvalue weighted by molar-refractivity contribution is 0.887. The first kappa shape index (κ1) is 12.5.